The van der Waals surface area contributed by atoms with Crippen LogP contribution in [0.3, 0.4) is 0 Å². The molecule has 2 fully saturated rings. The second kappa shape index (κ2) is 5.17. The minimum absolute atomic E-state index is 0.0781. The van der Waals surface area contributed by atoms with Crippen LogP contribution < -0.4 is 5.32 Å². The first-order valence-corrected chi connectivity index (χ1v) is 6.60. The number of hydrogen-bond acceptors (Lipinski definition) is 3. The molecule has 2 aliphatic carbocycles. The molecule has 2 rings (SSSR count). The largest absolute Gasteiger partial charge is 0.466 e. The van der Waals surface area contributed by atoms with Gasteiger partial charge in [0, 0.05) is 12.1 Å². The van der Waals surface area contributed by atoms with E-state index in [4.69, 9.17) is 4.74 Å². The summed E-state index contributed by atoms with van der Waals surface area (Å²) < 4.78 is 4.96. The number of carbonyl (C=O) groups excluding carboxylic acids is 1. The third-order valence-electron chi connectivity index (χ3n) is 4.01. The normalized spacial score (nSPS) is 34.0. The van der Waals surface area contributed by atoms with Gasteiger partial charge in [-0.25, -0.2) is 0 Å². The summed E-state index contributed by atoms with van der Waals surface area (Å²) in [6.45, 7) is 4.43. The Kier molecular flexibility index (Phi) is 3.85. The Morgan fingerprint density at radius 2 is 2.25 bits per heavy atom. The van der Waals surface area contributed by atoms with Gasteiger partial charge in [0.1, 0.15) is 0 Å². The molecule has 0 aliphatic heterocycles. The van der Waals surface area contributed by atoms with E-state index in [9.17, 15) is 4.79 Å². The van der Waals surface area contributed by atoms with Gasteiger partial charge in [0.15, 0.2) is 0 Å². The van der Waals surface area contributed by atoms with Crippen molar-refractivity contribution in [1.82, 2.24) is 5.32 Å². The fourth-order valence-electron chi connectivity index (χ4n) is 3.34. The summed E-state index contributed by atoms with van der Waals surface area (Å²) in [5.74, 6) is 1.75. The highest BCUT2D eigenvalue weighted by Gasteiger charge is 2.39. The van der Waals surface area contributed by atoms with E-state index in [2.05, 4.69) is 12.2 Å². The fourth-order valence-corrected chi connectivity index (χ4v) is 3.34. The van der Waals surface area contributed by atoms with Gasteiger partial charge in [-0.05, 0) is 44.9 Å². The zero-order valence-corrected chi connectivity index (χ0v) is 10.4. The Morgan fingerprint density at radius 1 is 1.44 bits per heavy atom. The molecule has 0 saturated heterocycles. The zero-order chi connectivity index (χ0) is 11.5. The van der Waals surface area contributed by atoms with Crippen molar-refractivity contribution in [2.75, 3.05) is 6.61 Å². The first-order chi connectivity index (χ1) is 7.69. The molecule has 3 heteroatoms. The number of carbonyl (C=O) groups is 1. The van der Waals surface area contributed by atoms with E-state index in [0.717, 1.165) is 11.8 Å². The van der Waals surface area contributed by atoms with Crippen molar-refractivity contribution < 1.29 is 9.53 Å². The molecule has 2 saturated carbocycles. The maximum absolute atomic E-state index is 11.3. The zero-order valence-electron chi connectivity index (χ0n) is 10.4. The van der Waals surface area contributed by atoms with Crippen LogP contribution in [-0.4, -0.2) is 24.7 Å². The summed E-state index contributed by atoms with van der Waals surface area (Å²) in [7, 11) is 0. The average molecular weight is 225 g/mol. The minimum Gasteiger partial charge on any atom is -0.466 e. The van der Waals surface area contributed by atoms with Gasteiger partial charge in [-0.2, -0.15) is 0 Å². The SMILES string of the molecule is CCOC(=O)CC(C)NC1CC2CCC1C2. The highest BCUT2D eigenvalue weighted by Crippen LogP contribution is 2.44. The smallest absolute Gasteiger partial charge is 0.307 e. The van der Waals surface area contributed by atoms with Crippen molar-refractivity contribution in [3.05, 3.63) is 0 Å². The lowest BCUT2D eigenvalue weighted by Gasteiger charge is -2.26. The van der Waals surface area contributed by atoms with Gasteiger partial charge in [-0.1, -0.05) is 6.42 Å². The summed E-state index contributed by atoms with van der Waals surface area (Å²) in [5.41, 5.74) is 0. The summed E-state index contributed by atoms with van der Waals surface area (Å²) >= 11 is 0. The Bertz CT molecular complexity index is 254. The fraction of sp³-hybridized carbons (Fsp3) is 0.923. The highest BCUT2D eigenvalue weighted by molar-refractivity contribution is 5.70. The molecule has 3 nitrogen and oxygen atoms in total. The lowest BCUT2D eigenvalue weighted by Crippen LogP contribution is -2.41. The molecule has 2 aliphatic rings. The van der Waals surface area contributed by atoms with Crippen LogP contribution in [0.2, 0.25) is 0 Å². The van der Waals surface area contributed by atoms with E-state index in [1.165, 1.54) is 25.7 Å². The summed E-state index contributed by atoms with van der Waals surface area (Å²) in [6.07, 6.45) is 6.03. The van der Waals surface area contributed by atoms with Gasteiger partial charge in [0.05, 0.1) is 13.0 Å². The van der Waals surface area contributed by atoms with Crippen molar-refractivity contribution in [2.45, 2.75) is 58.0 Å². The highest BCUT2D eigenvalue weighted by atomic mass is 16.5. The minimum atomic E-state index is -0.0781. The molecule has 0 aromatic rings. The Hall–Kier alpha value is -0.570. The van der Waals surface area contributed by atoms with Crippen LogP contribution >= 0.6 is 0 Å². The van der Waals surface area contributed by atoms with E-state index < -0.39 is 0 Å². The van der Waals surface area contributed by atoms with Gasteiger partial charge in [-0.3, -0.25) is 4.79 Å². The summed E-state index contributed by atoms with van der Waals surface area (Å²) in [6, 6.07) is 0.909. The predicted octanol–water partition coefficient (Wildman–Crippen LogP) is 2.11. The number of ether oxygens (including phenoxy) is 1. The van der Waals surface area contributed by atoms with Crippen molar-refractivity contribution in [3.63, 3.8) is 0 Å². The van der Waals surface area contributed by atoms with Gasteiger partial charge in [0.2, 0.25) is 0 Å². The van der Waals surface area contributed by atoms with Crippen LogP contribution in [-0.2, 0) is 9.53 Å². The van der Waals surface area contributed by atoms with E-state index in [-0.39, 0.29) is 12.0 Å². The van der Waals surface area contributed by atoms with E-state index in [1.807, 2.05) is 6.92 Å². The summed E-state index contributed by atoms with van der Waals surface area (Å²) in [5, 5.41) is 3.60. The van der Waals surface area contributed by atoms with Crippen molar-refractivity contribution in [2.24, 2.45) is 11.8 Å². The Morgan fingerprint density at radius 3 is 2.81 bits per heavy atom. The molecule has 0 radical (unpaired) electrons. The first kappa shape index (κ1) is 11.9. The molecule has 4 atom stereocenters. The standard InChI is InChI=1S/C13H23NO2/c1-3-16-13(15)6-9(2)14-12-8-10-4-5-11(12)7-10/h9-12,14H,3-8H2,1-2H3. The van der Waals surface area contributed by atoms with Gasteiger partial charge >= 0.3 is 5.97 Å². The lowest BCUT2D eigenvalue weighted by molar-refractivity contribution is -0.143. The third kappa shape index (κ3) is 2.76. The van der Waals surface area contributed by atoms with E-state index >= 15 is 0 Å². The molecule has 0 aromatic carbocycles. The topological polar surface area (TPSA) is 38.3 Å². The molecule has 4 unspecified atom stereocenters. The maximum Gasteiger partial charge on any atom is 0.307 e. The van der Waals surface area contributed by atoms with Crippen LogP contribution in [0.1, 0.15) is 46.0 Å². The molecular formula is C13H23NO2. The third-order valence-corrected chi connectivity index (χ3v) is 4.01. The number of rotatable bonds is 5. The van der Waals surface area contributed by atoms with Crippen LogP contribution in [0.4, 0.5) is 0 Å². The average Bonchev–Trinajstić information content (AvgIpc) is 2.78. The summed E-state index contributed by atoms with van der Waals surface area (Å²) in [4.78, 5) is 11.3. The van der Waals surface area contributed by atoms with Gasteiger partial charge in [0.25, 0.3) is 0 Å². The monoisotopic (exact) mass is 225 g/mol. The van der Waals surface area contributed by atoms with Crippen LogP contribution in [0.25, 0.3) is 0 Å². The quantitative estimate of drug-likeness (QED) is 0.728. The lowest BCUT2D eigenvalue weighted by atomic mass is 9.94. The number of nitrogens with one attached hydrogen (secondary N) is 1. The molecule has 1 N–H and O–H groups in total. The van der Waals surface area contributed by atoms with Crippen LogP contribution in [0.15, 0.2) is 0 Å². The van der Waals surface area contributed by atoms with Crippen LogP contribution in [0.5, 0.6) is 0 Å². The molecule has 92 valence electrons. The molecule has 16 heavy (non-hydrogen) atoms. The second-order valence-electron chi connectivity index (χ2n) is 5.36. The van der Waals surface area contributed by atoms with E-state index in [0.29, 0.717) is 19.1 Å². The number of esters is 1. The molecule has 2 bridgehead atoms. The molecular weight excluding hydrogens is 202 g/mol. The van der Waals surface area contributed by atoms with Gasteiger partial charge in [-0.15, -0.1) is 0 Å². The molecule has 0 aromatic heterocycles. The number of hydrogen-bond donors (Lipinski definition) is 1. The number of fused-ring (bicyclic) bond motifs is 2. The van der Waals surface area contributed by atoms with Gasteiger partial charge < -0.3 is 10.1 Å². The van der Waals surface area contributed by atoms with Crippen molar-refractivity contribution >= 4 is 5.97 Å². The van der Waals surface area contributed by atoms with E-state index in [1.54, 1.807) is 0 Å². The van der Waals surface area contributed by atoms with Crippen molar-refractivity contribution in [3.8, 4) is 0 Å². The molecule has 0 spiro atoms. The molecule has 0 heterocycles. The Balaban J connectivity index is 1.71. The van der Waals surface area contributed by atoms with Crippen LogP contribution in [0, 0.1) is 11.8 Å². The van der Waals surface area contributed by atoms with Crippen molar-refractivity contribution in [1.29, 1.82) is 0 Å². The predicted molar refractivity (Wildman–Crippen MR) is 63.1 cm³/mol. The molecule has 0 amide bonds. The Labute approximate surface area is 97.9 Å². The second-order valence-corrected chi connectivity index (χ2v) is 5.36. The maximum atomic E-state index is 11.3. The first-order valence-electron chi connectivity index (χ1n) is 6.60.